The van der Waals surface area contributed by atoms with Crippen molar-refractivity contribution in [3.05, 3.63) is 29.3 Å². The number of rotatable bonds is 1. The second kappa shape index (κ2) is 4.37. The molecule has 1 fully saturated rings. The summed E-state index contributed by atoms with van der Waals surface area (Å²) >= 11 is 0. The minimum atomic E-state index is -0.726. The Kier molecular flexibility index (Phi) is 3.10. The smallest absolute Gasteiger partial charge is 0.182 e. The van der Waals surface area contributed by atoms with Gasteiger partial charge in [-0.3, -0.25) is 0 Å². The number of anilines is 1. The number of nitrogens with zero attached hydrogens (tertiary/aromatic N) is 2. The van der Waals surface area contributed by atoms with E-state index in [1.165, 1.54) is 0 Å². The fraction of sp³-hybridized carbons (Fsp3) is 0.500. The normalized spacial score (nSPS) is 17.9. The number of hydrogen-bond acceptors (Lipinski definition) is 2. The highest BCUT2D eigenvalue weighted by Crippen LogP contribution is 2.24. The predicted molar refractivity (Wildman–Crippen MR) is 60.8 cm³/mol. The SMILES string of the molecule is Cc1ccc(N2CCN(C)CC2)c(F)c1F. The van der Waals surface area contributed by atoms with Gasteiger partial charge in [0.1, 0.15) is 0 Å². The quantitative estimate of drug-likeness (QED) is 0.723. The lowest BCUT2D eigenvalue weighted by Crippen LogP contribution is -2.44. The van der Waals surface area contributed by atoms with E-state index in [4.69, 9.17) is 0 Å². The van der Waals surface area contributed by atoms with Crippen molar-refractivity contribution in [3.8, 4) is 0 Å². The van der Waals surface area contributed by atoms with Gasteiger partial charge in [0.05, 0.1) is 5.69 Å². The number of aryl methyl sites for hydroxylation is 1. The first-order valence-corrected chi connectivity index (χ1v) is 5.47. The van der Waals surface area contributed by atoms with Crippen molar-refractivity contribution in [2.45, 2.75) is 6.92 Å². The summed E-state index contributed by atoms with van der Waals surface area (Å²) in [4.78, 5) is 4.08. The van der Waals surface area contributed by atoms with Crippen molar-refractivity contribution < 1.29 is 8.78 Å². The van der Waals surface area contributed by atoms with Gasteiger partial charge >= 0.3 is 0 Å². The van der Waals surface area contributed by atoms with E-state index in [0.717, 1.165) is 26.2 Å². The highest BCUT2D eigenvalue weighted by molar-refractivity contribution is 5.50. The predicted octanol–water partition coefficient (Wildman–Crippen LogP) is 2.03. The van der Waals surface area contributed by atoms with E-state index in [1.807, 2.05) is 11.9 Å². The van der Waals surface area contributed by atoms with Crippen molar-refractivity contribution in [3.63, 3.8) is 0 Å². The number of benzene rings is 1. The van der Waals surface area contributed by atoms with Crippen LogP contribution in [0.1, 0.15) is 5.56 Å². The van der Waals surface area contributed by atoms with Gasteiger partial charge in [-0.1, -0.05) is 6.07 Å². The van der Waals surface area contributed by atoms with Gasteiger partial charge in [0, 0.05) is 26.2 Å². The van der Waals surface area contributed by atoms with E-state index in [9.17, 15) is 8.78 Å². The average molecular weight is 226 g/mol. The van der Waals surface area contributed by atoms with E-state index < -0.39 is 11.6 Å². The van der Waals surface area contributed by atoms with Crippen LogP contribution >= 0.6 is 0 Å². The Morgan fingerprint density at radius 3 is 2.25 bits per heavy atom. The first kappa shape index (κ1) is 11.3. The van der Waals surface area contributed by atoms with E-state index in [2.05, 4.69) is 4.90 Å². The first-order chi connectivity index (χ1) is 7.59. The van der Waals surface area contributed by atoms with Crippen molar-refractivity contribution in [2.75, 3.05) is 38.1 Å². The molecular formula is C12H16F2N2. The van der Waals surface area contributed by atoms with E-state index in [-0.39, 0.29) is 0 Å². The third-order valence-electron chi connectivity index (χ3n) is 3.10. The standard InChI is InChI=1S/C12H16F2N2/c1-9-3-4-10(12(14)11(9)13)16-7-5-15(2)6-8-16/h3-4H,5-8H2,1-2H3. The van der Waals surface area contributed by atoms with Crippen LogP contribution in [0.2, 0.25) is 0 Å². The van der Waals surface area contributed by atoms with Gasteiger partial charge in [-0.25, -0.2) is 8.78 Å². The lowest BCUT2D eigenvalue weighted by Gasteiger charge is -2.34. The zero-order valence-corrected chi connectivity index (χ0v) is 9.63. The lowest BCUT2D eigenvalue weighted by atomic mass is 10.1. The second-order valence-corrected chi connectivity index (χ2v) is 4.32. The Balaban J connectivity index is 2.24. The summed E-state index contributed by atoms with van der Waals surface area (Å²) in [6.07, 6.45) is 0. The molecule has 1 saturated heterocycles. The molecule has 0 saturated carbocycles. The van der Waals surface area contributed by atoms with E-state index in [0.29, 0.717) is 11.3 Å². The van der Waals surface area contributed by atoms with Crippen LogP contribution in [0.25, 0.3) is 0 Å². The van der Waals surface area contributed by atoms with Crippen LogP contribution in [0, 0.1) is 18.6 Å². The molecule has 0 unspecified atom stereocenters. The Hall–Kier alpha value is -1.16. The highest BCUT2D eigenvalue weighted by atomic mass is 19.2. The number of likely N-dealkylation sites (N-methyl/N-ethyl adjacent to an activating group) is 1. The van der Waals surface area contributed by atoms with Crippen molar-refractivity contribution in [1.82, 2.24) is 4.90 Å². The highest BCUT2D eigenvalue weighted by Gasteiger charge is 2.19. The topological polar surface area (TPSA) is 6.48 Å². The van der Waals surface area contributed by atoms with Gasteiger partial charge in [0.2, 0.25) is 0 Å². The summed E-state index contributed by atoms with van der Waals surface area (Å²) < 4.78 is 27.1. The molecule has 1 aromatic rings. The van der Waals surface area contributed by atoms with Crippen molar-refractivity contribution >= 4 is 5.69 Å². The van der Waals surface area contributed by atoms with Crippen molar-refractivity contribution in [1.29, 1.82) is 0 Å². The Morgan fingerprint density at radius 1 is 1.00 bits per heavy atom. The molecule has 4 heteroatoms. The minimum Gasteiger partial charge on any atom is -0.367 e. The first-order valence-electron chi connectivity index (χ1n) is 5.47. The molecule has 88 valence electrons. The average Bonchev–Trinajstić information content (AvgIpc) is 2.28. The van der Waals surface area contributed by atoms with Gasteiger partial charge < -0.3 is 9.80 Å². The van der Waals surface area contributed by atoms with Gasteiger partial charge in [-0.15, -0.1) is 0 Å². The zero-order chi connectivity index (χ0) is 11.7. The maximum absolute atomic E-state index is 13.7. The van der Waals surface area contributed by atoms with Crippen LogP contribution in [0.4, 0.5) is 14.5 Å². The molecule has 2 nitrogen and oxygen atoms in total. The fourth-order valence-corrected chi connectivity index (χ4v) is 1.93. The molecule has 16 heavy (non-hydrogen) atoms. The summed E-state index contributed by atoms with van der Waals surface area (Å²) in [6.45, 7) is 4.84. The second-order valence-electron chi connectivity index (χ2n) is 4.32. The third-order valence-corrected chi connectivity index (χ3v) is 3.10. The Labute approximate surface area is 94.5 Å². The molecule has 1 heterocycles. The summed E-state index contributed by atoms with van der Waals surface area (Å²) in [6, 6.07) is 3.30. The zero-order valence-electron chi connectivity index (χ0n) is 9.63. The summed E-state index contributed by atoms with van der Waals surface area (Å²) in [5, 5.41) is 0. The Bertz CT molecular complexity index is 385. The van der Waals surface area contributed by atoms with Gasteiger partial charge in [0.15, 0.2) is 11.6 Å². The molecule has 0 N–H and O–H groups in total. The maximum Gasteiger partial charge on any atom is 0.182 e. The summed E-state index contributed by atoms with van der Waals surface area (Å²) in [5.74, 6) is -1.44. The summed E-state index contributed by atoms with van der Waals surface area (Å²) in [7, 11) is 2.03. The van der Waals surface area contributed by atoms with Gasteiger partial charge in [0.25, 0.3) is 0 Å². The molecule has 0 atom stereocenters. The van der Waals surface area contributed by atoms with Crippen molar-refractivity contribution in [2.24, 2.45) is 0 Å². The molecule has 0 aromatic heterocycles. The van der Waals surface area contributed by atoms with Crippen LogP contribution in [-0.4, -0.2) is 38.1 Å². The minimum absolute atomic E-state index is 0.357. The number of hydrogen-bond donors (Lipinski definition) is 0. The monoisotopic (exact) mass is 226 g/mol. The van der Waals surface area contributed by atoms with Crippen LogP contribution in [0.3, 0.4) is 0 Å². The molecule has 1 aliphatic rings. The molecule has 0 aliphatic carbocycles. The van der Waals surface area contributed by atoms with Crippen LogP contribution in [0.5, 0.6) is 0 Å². The molecule has 0 spiro atoms. The number of halogens is 2. The lowest BCUT2D eigenvalue weighted by molar-refractivity contribution is 0.311. The molecule has 2 rings (SSSR count). The molecule has 1 aromatic carbocycles. The van der Waals surface area contributed by atoms with Gasteiger partial charge in [-0.05, 0) is 25.6 Å². The Morgan fingerprint density at radius 2 is 1.62 bits per heavy atom. The fourth-order valence-electron chi connectivity index (χ4n) is 1.93. The van der Waals surface area contributed by atoms with E-state index >= 15 is 0 Å². The molecule has 1 aliphatic heterocycles. The van der Waals surface area contributed by atoms with E-state index in [1.54, 1.807) is 19.1 Å². The van der Waals surface area contributed by atoms with Crippen LogP contribution in [0.15, 0.2) is 12.1 Å². The molecule has 0 radical (unpaired) electrons. The molecule has 0 bridgehead atoms. The molecular weight excluding hydrogens is 210 g/mol. The molecule has 0 amide bonds. The van der Waals surface area contributed by atoms with Crippen LogP contribution < -0.4 is 4.90 Å². The summed E-state index contributed by atoms with van der Waals surface area (Å²) in [5.41, 5.74) is 0.742. The van der Waals surface area contributed by atoms with Gasteiger partial charge in [-0.2, -0.15) is 0 Å². The largest absolute Gasteiger partial charge is 0.367 e. The van der Waals surface area contributed by atoms with Crippen LogP contribution in [-0.2, 0) is 0 Å². The third kappa shape index (κ3) is 2.02. The number of piperazine rings is 1. The maximum atomic E-state index is 13.7.